The minimum atomic E-state index is -4.47. The normalized spacial score (nSPS) is 11.6. The quantitative estimate of drug-likeness (QED) is 0.539. The fourth-order valence-corrected chi connectivity index (χ4v) is 2.59. The molecule has 0 fully saturated rings. The van der Waals surface area contributed by atoms with Gasteiger partial charge < -0.3 is 4.74 Å². The summed E-state index contributed by atoms with van der Waals surface area (Å²) in [6.07, 6.45) is -2.23. The van der Waals surface area contributed by atoms with Crippen molar-refractivity contribution in [2.24, 2.45) is 0 Å². The van der Waals surface area contributed by atoms with Crippen molar-refractivity contribution in [3.63, 3.8) is 0 Å². The van der Waals surface area contributed by atoms with Gasteiger partial charge in [-0.25, -0.2) is 0 Å². The number of hydrazine groups is 1. The van der Waals surface area contributed by atoms with Gasteiger partial charge in [0.2, 0.25) is 0 Å². The lowest BCUT2D eigenvalue weighted by atomic mass is 10.0. The zero-order valence-electron chi connectivity index (χ0n) is 16.8. The van der Waals surface area contributed by atoms with Gasteiger partial charge in [0.1, 0.15) is 5.75 Å². The molecule has 8 heteroatoms. The summed E-state index contributed by atoms with van der Waals surface area (Å²) in [4.78, 5) is 23.7. The number of benzene rings is 2. The summed E-state index contributed by atoms with van der Waals surface area (Å²) in [7, 11) is 0. The van der Waals surface area contributed by atoms with Crippen LogP contribution in [0.25, 0.3) is 6.08 Å². The van der Waals surface area contributed by atoms with Crippen molar-refractivity contribution in [2.75, 3.05) is 6.61 Å². The predicted molar refractivity (Wildman–Crippen MR) is 108 cm³/mol. The molecule has 0 spiro atoms. The molecule has 0 atom stereocenters. The number of rotatable bonds is 6. The van der Waals surface area contributed by atoms with Crippen LogP contribution in [0.15, 0.2) is 48.5 Å². The Morgan fingerprint density at radius 1 is 1.10 bits per heavy atom. The summed E-state index contributed by atoms with van der Waals surface area (Å²) in [6.45, 7) is 5.62. The standard InChI is InChI=1S/C22H23F3N2O3/c1-14(2)18-9-7-15(3)11-19(18)30-13-21(29)27-26-20(28)10-8-16-5-4-6-17(12-16)22(23,24)25/h4-12,14H,13H2,1-3H3,(H,26,28)(H,27,29)/b10-8+. The van der Waals surface area contributed by atoms with E-state index in [0.29, 0.717) is 5.75 Å². The van der Waals surface area contributed by atoms with Gasteiger partial charge in [-0.2, -0.15) is 13.2 Å². The number of aryl methyl sites for hydroxylation is 1. The second-order valence-corrected chi connectivity index (χ2v) is 6.98. The highest BCUT2D eigenvalue weighted by atomic mass is 19.4. The summed E-state index contributed by atoms with van der Waals surface area (Å²) >= 11 is 0. The lowest BCUT2D eigenvalue weighted by Crippen LogP contribution is -2.43. The monoisotopic (exact) mass is 420 g/mol. The SMILES string of the molecule is Cc1ccc(C(C)C)c(OCC(=O)NNC(=O)/C=C/c2cccc(C(F)(F)F)c2)c1. The Labute approximate surface area is 172 Å². The highest BCUT2D eigenvalue weighted by molar-refractivity contribution is 5.93. The fraction of sp³-hybridized carbons (Fsp3) is 0.273. The average Bonchev–Trinajstić information content (AvgIpc) is 2.68. The predicted octanol–water partition coefficient (Wildman–Crippen LogP) is 4.38. The maximum absolute atomic E-state index is 12.7. The molecule has 0 heterocycles. The Morgan fingerprint density at radius 2 is 1.83 bits per heavy atom. The zero-order valence-corrected chi connectivity index (χ0v) is 16.8. The number of carbonyl (C=O) groups is 2. The minimum absolute atomic E-state index is 0.204. The van der Waals surface area contributed by atoms with Gasteiger partial charge in [0.15, 0.2) is 6.61 Å². The molecular weight excluding hydrogens is 397 g/mol. The molecule has 0 aromatic heterocycles. The van der Waals surface area contributed by atoms with Crippen LogP contribution in [-0.2, 0) is 15.8 Å². The number of halogens is 3. The Kier molecular flexibility index (Phi) is 7.63. The maximum atomic E-state index is 12.7. The first kappa shape index (κ1) is 23.0. The van der Waals surface area contributed by atoms with Crippen molar-refractivity contribution in [2.45, 2.75) is 32.9 Å². The van der Waals surface area contributed by atoms with E-state index >= 15 is 0 Å². The molecular formula is C22H23F3N2O3. The third-order valence-corrected chi connectivity index (χ3v) is 4.12. The van der Waals surface area contributed by atoms with Crippen LogP contribution in [-0.4, -0.2) is 18.4 Å². The van der Waals surface area contributed by atoms with Crippen molar-refractivity contribution in [1.29, 1.82) is 0 Å². The molecule has 160 valence electrons. The first-order valence-corrected chi connectivity index (χ1v) is 9.24. The highest BCUT2D eigenvalue weighted by Crippen LogP contribution is 2.30. The molecule has 2 aromatic rings. The summed E-state index contributed by atoms with van der Waals surface area (Å²) < 4.78 is 43.7. The third kappa shape index (κ3) is 6.95. The number of alkyl halides is 3. The molecule has 5 nitrogen and oxygen atoms in total. The zero-order chi connectivity index (χ0) is 22.3. The van der Waals surface area contributed by atoms with Crippen molar-refractivity contribution in [3.05, 3.63) is 70.8 Å². The fourth-order valence-electron chi connectivity index (χ4n) is 2.59. The van der Waals surface area contributed by atoms with Gasteiger partial charge in [-0.15, -0.1) is 0 Å². The van der Waals surface area contributed by atoms with Crippen LogP contribution in [0.5, 0.6) is 5.75 Å². The van der Waals surface area contributed by atoms with Gasteiger partial charge >= 0.3 is 6.18 Å². The minimum Gasteiger partial charge on any atom is -0.483 e. The number of nitrogens with one attached hydrogen (secondary N) is 2. The van der Waals surface area contributed by atoms with Crippen LogP contribution in [0, 0.1) is 6.92 Å². The first-order chi connectivity index (χ1) is 14.1. The molecule has 2 aromatic carbocycles. The Morgan fingerprint density at radius 3 is 2.50 bits per heavy atom. The van der Waals surface area contributed by atoms with Crippen LogP contribution in [0.3, 0.4) is 0 Å². The van der Waals surface area contributed by atoms with Gasteiger partial charge in [-0.1, -0.05) is 38.1 Å². The van der Waals surface area contributed by atoms with Crippen LogP contribution in [0.4, 0.5) is 13.2 Å². The van der Waals surface area contributed by atoms with Crippen molar-refractivity contribution >= 4 is 17.9 Å². The van der Waals surface area contributed by atoms with Crippen LogP contribution in [0.1, 0.15) is 42.0 Å². The second kappa shape index (κ2) is 9.96. The largest absolute Gasteiger partial charge is 0.483 e. The smallest absolute Gasteiger partial charge is 0.416 e. The van der Waals surface area contributed by atoms with Gasteiger partial charge in [0.25, 0.3) is 11.8 Å². The van der Waals surface area contributed by atoms with Gasteiger partial charge in [0.05, 0.1) is 5.56 Å². The first-order valence-electron chi connectivity index (χ1n) is 9.24. The average molecular weight is 420 g/mol. The van der Waals surface area contributed by atoms with E-state index in [2.05, 4.69) is 10.9 Å². The molecule has 0 aliphatic rings. The van der Waals surface area contributed by atoms with Gasteiger partial charge in [-0.3, -0.25) is 20.4 Å². The van der Waals surface area contributed by atoms with E-state index in [4.69, 9.17) is 4.74 Å². The number of hydrogen-bond acceptors (Lipinski definition) is 3. The molecule has 0 saturated heterocycles. The van der Waals surface area contributed by atoms with E-state index in [0.717, 1.165) is 29.3 Å². The van der Waals surface area contributed by atoms with Crippen molar-refractivity contribution < 1.29 is 27.5 Å². The summed E-state index contributed by atoms with van der Waals surface area (Å²) in [6, 6.07) is 10.3. The lowest BCUT2D eigenvalue weighted by molar-refractivity contribution is -0.137. The van der Waals surface area contributed by atoms with Gasteiger partial charge in [-0.05, 0) is 53.8 Å². The van der Waals surface area contributed by atoms with Gasteiger partial charge in [0, 0.05) is 6.08 Å². The number of amides is 2. The molecule has 2 rings (SSSR count). The van der Waals surface area contributed by atoms with E-state index in [-0.39, 0.29) is 18.1 Å². The molecule has 0 saturated carbocycles. The van der Waals surface area contributed by atoms with E-state index < -0.39 is 23.6 Å². The molecule has 0 aliphatic carbocycles. The topological polar surface area (TPSA) is 67.4 Å². The second-order valence-electron chi connectivity index (χ2n) is 6.98. The molecule has 0 aliphatic heterocycles. The maximum Gasteiger partial charge on any atom is 0.416 e. The number of hydrogen-bond donors (Lipinski definition) is 2. The molecule has 30 heavy (non-hydrogen) atoms. The molecule has 0 unspecified atom stereocenters. The third-order valence-electron chi connectivity index (χ3n) is 4.12. The molecule has 2 amide bonds. The summed E-state index contributed by atoms with van der Waals surface area (Å²) in [5, 5.41) is 0. The van der Waals surface area contributed by atoms with E-state index in [9.17, 15) is 22.8 Å². The summed E-state index contributed by atoms with van der Waals surface area (Å²) in [5.41, 5.74) is 5.69. The Bertz CT molecular complexity index is 937. The Balaban J connectivity index is 1.86. The van der Waals surface area contributed by atoms with E-state index in [1.54, 1.807) is 0 Å². The lowest BCUT2D eigenvalue weighted by Gasteiger charge is -2.14. The van der Waals surface area contributed by atoms with Crippen LogP contribution >= 0.6 is 0 Å². The summed E-state index contributed by atoms with van der Waals surface area (Å²) in [5.74, 6) is -0.466. The molecule has 0 bridgehead atoms. The van der Waals surface area contributed by atoms with E-state index in [1.165, 1.54) is 18.2 Å². The van der Waals surface area contributed by atoms with Crippen LogP contribution < -0.4 is 15.6 Å². The number of ether oxygens (including phenoxy) is 1. The van der Waals surface area contributed by atoms with Crippen LogP contribution in [0.2, 0.25) is 0 Å². The molecule has 2 N–H and O–H groups in total. The Hall–Kier alpha value is -3.29. The van der Waals surface area contributed by atoms with Crippen molar-refractivity contribution in [3.8, 4) is 5.75 Å². The number of carbonyl (C=O) groups excluding carboxylic acids is 2. The highest BCUT2D eigenvalue weighted by Gasteiger charge is 2.30. The van der Waals surface area contributed by atoms with Crippen molar-refractivity contribution in [1.82, 2.24) is 10.9 Å². The van der Waals surface area contributed by atoms with E-state index in [1.807, 2.05) is 39.0 Å². The molecule has 0 radical (unpaired) electrons.